The summed E-state index contributed by atoms with van der Waals surface area (Å²) in [6.45, 7) is 1.45. The number of aromatic nitrogens is 6. The first kappa shape index (κ1) is 28.9. The van der Waals surface area contributed by atoms with Crippen molar-refractivity contribution in [3.8, 4) is 23.3 Å². The van der Waals surface area contributed by atoms with Crippen LogP contribution in [0.5, 0.6) is 0 Å². The van der Waals surface area contributed by atoms with Crippen LogP contribution >= 0.6 is 0 Å². The smallest absolute Gasteiger partial charge is 0.269 e. The third-order valence-corrected chi connectivity index (χ3v) is 11.5. The van der Waals surface area contributed by atoms with Crippen molar-refractivity contribution in [2.24, 2.45) is 0 Å². The average molecular weight is 647 g/mol. The van der Waals surface area contributed by atoms with Crippen LogP contribution in [0.2, 0.25) is 0 Å². The first-order chi connectivity index (χ1) is 21.6. The molecule has 14 nitrogen and oxygen atoms in total. The summed E-state index contributed by atoms with van der Waals surface area (Å²) in [5, 5.41) is 24.3. The molecule has 16 heteroatoms. The fraction of sp³-hybridized carbons (Fsp3) is 0.241. The van der Waals surface area contributed by atoms with Crippen LogP contribution in [-0.4, -0.2) is 73.4 Å². The molecule has 5 aromatic heterocycles. The molecule has 0 saturated carbocycles. The minimum absolute atomic E-state index is 0.0355. The molecule has 1 saturated heterocycles. The van der Waals surface area contributed by atoms with E-state index in [0.717, 1.165) is 3.97 Å². The molecule has 6 aromatic rings. The predicted molar refractivity (Wildman–Crippen MR) is 162 cm³/mol. The fourth-order valence-electron chi connectivity index (χ4n) is 5.69. The zero-order chi connectivity index (χ0) is 31.6. The normalized spacial score (nSPS) is 15.4. The number of fused-ring (bicyclic) bond motifs is 3. The molecule has 0 aliphatic carbocycles. The topological polar surface area (TPSA) is 182 Å². The number of imidazole rings is 1. The van der Waals surface area contributed by atoms with Gasteiger partial charge in [0, 0.05) is 30.9 Å². The number of nitriles is 1. The van der Waals surface area contributed by atoms with Crippen molar-refractivity contribution in [1.82, 2.24) is 32.6 Å². The van der Waals surface area contributed by atoms with Crippen molar-refractivity contribution in [1.29, 1.82) is 5.26 Å². The number of aliphatic hydroxyl groups excluding tert-OH is 1. The summed E-state index contributed by atoms with van der Waals surface area (Å²) in [5.74, 6) is 0.952. The van der Waals surface area contributed by atoms with Crippen LogP contribution < -0.4 is 0 Å². The molecule has 1 aliphatic rings. The summed E-state index contributed by atoms with van der Waals surface area (Å²) in [7, 11) is -7.42. The Kier molecular flexibility index (Phi) is 6.67. The van der Waals surface area contributed by atoms with Crippen LogP contribution in [0, 0.1) is 11.3 Å². The zero-order valence-electron chi connectivity index (χ0n) is 23.8. The molecular formula is C29H26N8O6S2. The highest BCUT2D eigenvalue weighted by atomic mass is 32.2. The summed E-state index contributed by atoms with van der Waals surface area (Å²) in [5.41, 5.74) is 0.788. The third kappa shape index (κ3) is 4.46. The van der Waals surface area contributed by atoms with Gasteiger partial charge in [-0.15, -0.1) is 0 Å². The van der Waals surface area contributed by atoms with Gasteiger partial charge < -0.3 is 9.52 Å². The van der Waals surface area contributed by atoms with E-state index in [4.69, 9.17) is 9.40 Å². The summed E-state index contributed by atoms with van der Waals surface area (Å²) in [4.78, 5) is 9.35. The number of furan rings is 1. The lowest BCUT2D eigenvalue weighted by atomic mass is 9.89. The van der Waals surface area contributed by atoms with Crippen molar-refractivity contribution in [2.45, 2.75) is 30.4 Å². The molecule has 0 radical (unpaired) electrons. The number of hydrogen-bond donors (Lipinski definition) is 1. The maximum atomic E-state index is 13.6. The standard InChI is InChI=1S/C29H26N8O6S2/c1-2-44(39,40)34-18-29(19-34,11-12-30)36-16-20(14-32-36)37-26-23-10-13-35(45(41,42)22-6-4-3-5-7-22)27(23)31-15-24(26)33-28(37)25-9-8-21(17-38)43-25/h3-10,13-16,38H,2,11,17-19H2,1H3. The lowest BCUT2D eigenvalue weighted by Crippen LogP contribution is -2.64. The van der Waals surface area contributed by atoms with E-state index >= 15 is 0 Å². The van der Waals surface area contributed by atoms with E-state index in [1.807, 2.05) is 0 Å². The van der Waals surface area contributed by atoms with Crippen LogP contribution in [-0.2, 0) is 32.2 Å². The highest BCUT2D eigenvalue weighted by Gasteiger charge is 2.49. The van der Waals surface area contributed by atoms with Crippen molar-refractivity contribution >= 4 is 42.1 Å². The predicted octanol–water partition coefficient (Wildman–Crippen LogP) is 2.84. The average Bonchev–Trinajstić information content (AvgIpc) is 3.83. The molecule has 230 valence electrons. The summed E-state index contributed by atoms with van der Waals surface area (Å²) >= 11 is 0. The molecule has 7 rings (SSSR count). The second-order valence-electron chi connectivity index (χ2n) is 10.7. The second-order valence-corrected chi connectivity index (χ2v) is 14.8. The Hall–Kier alpha value is -4.82. The lowest BCUT2D eigenvalue weighted by molar-refractivity contribution is 0.0718. The highest BCUT2D eigenvalue weighted by molar-refractivity contribution is 7.90. The quantitative estimate of drug-likeness (QED) is 0.245. The largest absolute Gasteiger partial charge is 0.455 e. The lowest BCUT2D eigenvalue weighted by Gasteiger charge is -2.47. The van der Waals surface area contributed by atoms with Gasteiger partial charge in [0.25, 0.3) is 10.0 Å². The summed E-state index contributed by atoms with van der Waals surface area (Å²) in [6.07, 6.45) is 6.23. The Labute approximate surface area is 257 Å². The Morgan fingerprint density at radius 3 is 2.53 bits per heavy atom. The van der Waals surface area contributed by atoms with Crippen LogP contribution in [0.1, 0.15) is 19.1 Å². The van der Waals surface area contributed by atoms with Crippen molar-refractivity contribution in [2.75, 3.05) is 18.8 Å². The van der Waals surface area contributed by atoms with Gasteiger partial charge >= 0.3 is 0 Å². The molecule has 1 aromatic carbocycles. The Morgan fingerprint density at radius 1 is 1.07 bits per heavy atom. The van der Waals surface area contributed by atoms with Crippen molar-refractivity contribution < 1.29 is 26.4 Å². The number of sulfonamides is 1. The minimum atomic E-state index is -3.97. The van der Waals surface area contributed by atoms with E-state index in [1.165, 1.54) is 28.8 Å². The Balaban J connectivity index is 1.42. The maximum absolute atomic E-state index is 13.6. The third-order valence-electron chi connectivity index (χ3n) is 8.05. The maximum Gasteiger partial charge on any atom is 0.269 e. The SMILES string of the molecule is CCS(=O)(=O)N1CC(CC#N)(n2cc(-n3c(-c4ccc(CO)o4)nc4cnc5c(ccn5S(=O)(=O)c5ccccc5)c43)cn2)C1. The molecule has 0 unspecified atom stereocenters. The zero-order valence-corrected chi connectivity index (χ0v) is 25.5. The van der Waals surface area contributed by atoms with Crippen LogP contribution in [0.3, 0.4) is 0 Å². The molecule has 0 bridgehead atoms. The molecule has 1 aliphatic heterocycles. The van der Waals surface area contributed by atoms with Crippen LogP contribution in [0.15, 0.2) is 82.6 Å². The molecule has 45 heavy (non-hydrogen) atoms. The second kappa shape index (κ2) is 10.4. The molecule has 0 atom stereocenters. The number of nitrogens with zero attached hydrogens (tertiary/aromatic N) is 8. The Bertz CT molecular complexity index is 2340. The van der Waals surface area contributed by atoms with E-state index < -0.39 is 25.6 Å². The van der Waals surface area contributed by atoms with Gasteiger partial charge in [-0.05, 0) is 37.3 Å². The van der Waals surface area contributed by atoms with E-state index in [9.17, 15) is 27.2 Å². The number of hydrogen-bond acceptors (Lipinski definition) is 10. The van der Waals surface area contributed by atoms with E-state index in [0.29, 0.717) is 39.5 Å². The molecule has 0 spiro atoms. The molecular weight excluding hydrogens is 621 g/mol. The summed E-state index contributed by atoms with van der Waals surface area (Å²) < 4.78 is 63.8. The number of benzene rings is 1. The van der Waals surface area contributed by atoms with Crippen LogP contribution in [0.25, 0.3) is 39.3 Å². The van der Waals surface area contributed by atoms with Gasteiger partial charge in [0.1, 0.15) is 23.4 Å². The minimum Gasteiger partial charge on any atom is -0.455 e. The Morgan fingerprint density at radius 2 is 1.84 bits per heavy atom. The van der Waals surface area contributed by atoms with Gasteiger partial charge in [-0.3, -0.25) is 9.25 Å². The number of rotatable bonds is 9. The van der Waals surface area contributed by atoms with E-state index in [-0.39, 0.29) is 42.4 Å². The highest BCUT2D eigenvalue weighted by Crippen LogP contribution is 2.37. The van der Waals surface area contributed by atoms with Crippen molar-refractivity contribution in [3.63, 3.8) is 0 Å². The summed E-state index contributed by atoms with van der Waals surface area (Å²) in [6, 6.07) is 15.1. The van der Waals surface area contributed by atoms with E-state index in [2.05, 4.69) is 16.2 Å². The van der Waals surface area contributed by atoms with Gasteiger partial charge in [0.2, 0.25) is 10.0 Å². The number of pyridine rings is 1. The van der Waals surface area contributed by atoms with E-state index in [1.54, 1.807) is 65.0 Å². The molecule has 6 heterocycles. The van der Waals surface area contributed by atoms with Gasteiger partial charge in [0.05, 0.1) is 46.7 Å². The molecule has 1 fully saturated rings. The van der Waals surface area contributed by atoms with Gasteiger partial charge in [-0.25, -0.2) is 30.8 Å². The number of aliphatic hydroxyl groups is 1. The molecule has 0 amide bonds. The molecule has 1 N–H and O–H groups in total. The van der Waals surface area contributed by atoms with Crippen LogP contribution in [0.4, 0.5) is 0 Å². The van der Waals surface area contributed by atoms with Gasteiger partial charge in [-0.1, -0.05) is 18.2 Å². The van der Waals surface area contributed by atoms with Gasteiger partial charge in [0.15, 0.2) is 17.2 Å². The van der Waals surface area contributed by atoms with Crippen molar-refractivity contribution in [3.05, 3.63) is 79.1 Å². The first-order valence-corrected chi connectivity index (χ1v) is 17.0. The fourth-order valence-corrected chi connectivity index (χ4v) is 8.25. The monoisotopic (exact) mass is 646 g/mol. The van der Waals surface area contributed by atoms with Gasteiger partial charge in [-0.2, -0.15) is 14.7 Å². The first-order valence-electron chi connectivity index (χ1n) is 13.9.